The molecule has 2 heterocycles. The van der Waals surface area contributed by atoms with E-state index in [2.05, 4.69) is 20.3 Å². The Morgan fingerprint density at radius 2 is 2.00 bits per heavy atom. The molecule has 26 heavy (non-hydrogen) atoms. The van der Waals surface area contributed by atoms with E-state index in [1.807, 2.05) is 50.6 Å². The minimum Gasteiger partial charge on any atom is -0.484 e. The van der Waals surface area contributed by atoms with Gasteiger partial charge in [-0.25, -0.2) is 0 Å². The van der Waals surface area contributed by atoms with Crippen molar-refractivity contribution in [1.82, 2.24) is 24.9 Å². The first-order chi connectivity index (χ1) is 12.3. The molecule has 9 heteroatoms. The summed E-state index contributed by atoms with van der Waals surface area (Å²) in [5.74, 6) is 3.14. The van der Waals surface area contributed by atoms with Crippen molar-refractivity contribution in [2.45, 2.75) is 43.7 Å². The number of halogens is 1. The largest absolute Gasteiger partial charge is 0.484 e. The van der Waals surface area contributed by atoms with Crippen molar-refractivity contribution >= 4 is 23.4 Å². The molecule has 0 aliphatic heterocycles. The number of hydrogen-bond acceptors (Lipinski definition) is 7. The summed E-state index contributed by atoms with van der Waals surface area (Å²) in [6.07, 6.45) is 0. The fourth-order valence-electron chi connectivity index (χ4n) is 2.05. The van der Waals surface area contributed by atoms with Gasteiger partial charge in [0, 0.05) is 12.5 Å². The Morgan fingerprint density at radius 1 is 1.23 bits per heavy atom. The fraction of sp³-hybridized carbons (Fsp3) is 0.412. The molecule has 0 atom stereocenters. The van der Waals surface area contributed by atoms with Crippen LogP contribution in [0.2, 0.25) is 5.02 Å². The summed E-state index contributed by atoms with van der Waals surface area (Å²) < 4.78 is 12.9. The highest BCUT2D eigenvalue weighted by molar-refractivity contribution is 7.98. The first-order valence-electron chi connectivity index (χ1n) is 8.06. The molecule has 0 bridgehead atoms. The zero-order valence-corrected chi connectivity index (χ0v) is 16.6. The molecule has 0 spiro atoms. The molecule has 7 nitrogen and oxygen atoms in total. The minimum absolute atomic E-state index is 0.163. The van der Waals surface area contributed by atoms with Gasteiger partial charge in [-0.15, -0.1) is 10.2 Å². The van der Waals surface area contributed by atoms with Crippen molar-refractivity contribution in [3.05, 3.63) is 46.8 Å². The molecule has 0 saturated carbocycles. The van der Waals surface area contributed by atoms with Crippen molar-refractivity contribution in [3.8, 4) is 5.75 Å². The van der Waals surface area contributed by atoms with E-state index < -0.39 is 0 Å². The smallest absolute Gasteiger partial charge is 0.232 e. The lowest BCUT2D eigenvalue weighted by Gasteiger charge is -2.10. The second kappa shape index (κ2) is 7.67. The highest BCUT2D eigenvalue weighted by Gasteiger charge is 2.22. The van der Waals surface area contributed by atoms with Crippen molar-refractivity contribution in [2.24, 2.45) is 7.05 Å². The average molecular weight is 394 g/mol. The normalized spacial score (nSPS) is 11.7. The molecule has 0 fully saturated rings. The highest BCUT2D eigenvalue weighted by Crippen LogP contribution is 2.26. The van der Waals surface area contributed by atoms with E-state index in [0.717, 1.165) is 5.16 Å². The van der Waals surface area contributed by atoms with Crippen LogP contribution in [0.3, 0.4) is 0 Å². The van der Waals surface area contributed by atoms with Crippen LogP contribution in [0, 0.1) is 0 Å². The van der Waals surface area contributed by atoms with Gasteiger partial charge in [-0.1, -0.05) is 61.4 Å². The molecule has 3 rings (SSSR count). The van der Waals surface area contributed by atoms with Gasteiger partial charge in [0.2, 0.25) is 5.89 Å². The van der Waals surface area contributed by atoms with Gasteiger partial charge in [0.25, 0.3) is 0 Å². The maximum absolute atomic E-state index is 6.09. The molecule has 0 aliphatic rings. The van der Waals surface area contributed by atoms with Crippen LogP contribution in [-0.2, 0) is 24.8 Å². The highest BCUT2D eigenvalue weighted by atomic mass is 35.5. The molecule has 0 unspecified atom stereocenters. The second-order valence-corrected chi connectivity index (χ2v) is 8.08. The van der Waals surface area contributed by atoms with E-state index in [1.54, 1.807) is 6.07 Å². The van der Waals surface area contributed by atoms with Gasteiger partial charge in [-0.05, 0) is 12.1 Å². The number of nitrogens with zero attached hydrogens (tertiary/aromatic N) is 5. The van der Waals surface area contributed by atoms with Crippen LogP contribution in [0.5, 0.6) is 5.75 Å². The third-order valence-electron chi connectivity index (χ3n) is 3.56. The van der Waals surface area contributed by atoms with Crippen LogP contribution >= 0.6 is 23.4 Å². The SMILES string of the molecule is Cn1c(COc2ccccc2Cl)nnc1SCc1noc(C(C)(C)C)n1. The zero-order valence-electron chi connectivity index (χ0n) is 15.1. The topological polar surface area (TPSA) is 78.9 Å². The molecular formula is C17H20ClN5O2S. The van der Waals surface area contributed by atoms with Gasteiger partial charge in [0.15, 0.2) is 16.8 Å². The van der Waals surface area contributed by atoms with E-state index in [0.29, 0.717) is 34.1 Å². The molecule has 0 amide bonds. The van der Waals surface area contributed by atoms with Crippen LogP contribution in [0.25, 0.3) is 0 Å². The lowest BCUT2D eigenvalue weighted by Crippen LogP contribution is -2.11. The Bertz CT molecular complexity index is 887. The number of para-hydroxylation sites is 1. The molecule has 138 valence electrons. The maximum atomic E-state index is 6.09. The van der Waals surface area contributed by atoms with Gasteiger partial charge in [0.05, 0.1) is 10.8 Å². The molecule has 2 aromatic heterocycles. The van der Waals surface area contributed by atoms with E-state index >= 15 is 0 Å². The average Bonchev–Trinajstić information content (AvgIpc) is 3.19. The van der Waals surface area contributed by atoms with Gasteiger partial charge in [-0.3, -0.25) is 0 Å². The Hall–Kier alpha value is -2.06. The monoisotopic (exact) mass is 393 g/mol. The molecule has 3 aromatic rings. The van der Waals surface area contributed by atoms with Crippen LogP contribution < -0.4 is 4.74 Å². The molecular weight excluding hydrogens is 374 g/mol. The summed E-state index contributed by atoms with van der Waals surface area (Å²) in [7, 11) is 1.89. The van der Waals surface area contributed by atoms with Crippen LogP contribution in [0.15, 0.2) is 33.9 Å². The summed E-state index contributed by atoms with van der Waals surface area (Å²) in [4.78, 5) is 4.42. The Morgan fingerprint density at radius 3 is 2.69 bits per heavy atom. The van der Waals surface area contributed by atoms with Crippen LogP contribution in [0.4, 0.5) is 0 Å². The zero-order chi connectivity index (χ0) is 18.7. The molecule has 0 aliphatic carbocycles. The summed E-state index contributed by atoms with van der Waals surface area (Å²) in [6, 6.07) is 7.33. The standard InChI is InChI=1S/C17H20ClN5O2S/c1-17(2,3)15-19-13(22-25-15)10-26-16-21-20-14(23(16)4)9-24-12-8-6-5-7-11(12)18/h5-8H,9-10H2,1-4H3. The van der Waals surface area contributed by atoms with Crippen molar-refractivity contribution in [3.63, 3.8) is 0 Å². The fourth-order valence-corrected chi connectivity index (χ4v) is 3.01. The first kappa shape index (κ1) is 18.7. The van der Waals surface area contributed by atoms with Crippen molar-refractivity contribution in [2.75, 3.05) is 0 Å². The number of hydrogen-bond donors (Lipinski definition) is 0. The lowest BCUT2D eigenvalue weighted by molar-refractivity contribution is 0.290. The van der Waals surface area contributed by atoms with Gasteiger partial charge in [-0.2, -0.15) is 4.98 Å². The number of ether oxygens (including phenoxy) is 1. The number of rotatable bonds is 6. The molecule has 0 N–H and O–H groups in total. The second-order valence-electron chi connectivity index (χ2n) is 6.73. The predicted octanol–water partition coefficient (Wildman–Crippen LogP) is 4.02. The van der Waals surface area contributed by atoms with E-state index in [-0.39, 0.29) is 12.0 Å². The first-order valence-corrected chi connectivity index (χ1v) is 9.42. The third-order valence-corrected chi connectivity index (χ3v) is 4.89. The summed E-state index contributed by atoms with van der Waals surface area (Å²) >= 11 is 7.58. The predicted molar refractivity (Wildman–Crippen MR) is 99.3 cm³/mol. The summed E-state index contributed by atoms with van der Waals surface area (Å²) in [6.45, 7) is 6.38. The maximum Gasteiger partial charge on any atom is 0.232 e. The van der Waals surface area contributed by atoms with E-state index in [4.69, 9.17) is 20.9 Å². The molecule has 0 radical (unpaired) electrons. The Kier molecular flexibility index (Phi) is 5.52. The summed E-state index contributed by atoms with van der Waals surface area (Å²) in [5, 5.41) is 13.7. The van der Waals surface area contributed by atoms with Crippen molar-refractivity contribution < 1.29 is 9.26 Å². The third kappa shape index (κ3) is 4.37. The van der Waals surface area contributed by atoms with E-state index in [9.17, 15) is 0 Å². The van der Waals surface area contributed by atoms with Gasteiger partial charge in [0.1, 0.15) is 12.4 Å². The van der Waals surface area contributed by atoms with Crippen molar-refractivity contribution in [1.29, 1.82) is 0 Å². The number of aromatic nitrogens is 5. The molecule has 1 aromatic carbocycles. The lowest BCUT2D eigenvalue weighted by atomic mass is 9.97. The Balaban J connectivity index is 1.60. The van der Waals surface area contributed by atoms with E-state index in [1.165, 1.54) is 11.8 Å². The van der Waals surface area contributed by atoms with Gasteiger partial charge < -0.3 is 13.8 Å². The van der Waals surface area contributed by atoms with Crippen LogP contribution in [-0.4, -0.2) is 24.9 Å². The number of benzene rings is 1. The molecule has 0 saturated heterocycles. The quantitative estimate of drug-likeness (QED) is 0.585. The summed E-state index contributed by atoms with van der Waals surface area (Å²) in [5.41, 5.74) is -0.163. The van der Waals surface area contributed by atoms with Crippen LogP contribution in [0.1, 0.15) is 38.3 Å². The minimum atomic E-state index is -0.163. The number of thioether (sulfide) groups is 1. The Labute approximate surface area is 161 Å². The van der Waals surface area contributed by atoms with Gasteiger partial charge >= 0.3 is 0 Å².